The van der Waals surface area contributed by atoms with E-state index in [9.17, 15) is 4.79 Å². The summed E-state index contributed by atoms with van der Waals surface area (Å²) in [6.07, 6.45) is 3.32. The predicted octanol–water partition coefficient (Wildman–Crippen LogP) is 3.69. The first-order valence-corrected chi connectivity index (χ1v) is 8.72. The standard InChI is InChI=1S/C15H21BrN2OS.ClH/c1-11(20-14-7-5-12(16)6-8-14)15(19)18-9-3-2-4-13(18)10-17;/h5-8,11,13H,2-4,9-10,17H2,1H3;1H. The second-order valence-corrected chi connectivity index (χ2v) is 7.46. The van der Waals surface area contributed by atoms with E-state index in [2.05, 4.69) is 15.9 Å². The van der Waals surface area contributed by atoms with Crippen LogP contribution in [0.1, 0.15) is 26.2 Å². The first-order chi connectivity index (χ1) is 9.61. The lowest BCUT2D eigenvalue weighted by Gasteiger charge is -2.36. The van der Waals surface area contributed by atoms with E-state index in [0.29, 0.717) is 6.54 Å². The van der Waals surface area contributed by atoms with Gasteiger partial charge in [0.25, 0.3) is 0 Å². The van der Waals surface area contributed by atoms with Crippen LogP contribution >= 0.6 is 40.1 Å². The molecule has 0 saturated carbocycles. The average molecular weight is 394 g/mol. The molecule has 118 valence electrons. The SMILES string of the molecule is CC(Sc1ccc(Br)cc1)C(=O)N1CCCCC1CN.Cl. The van der Waals surface area contributed by atoms with Crippen LogP contribution in [-0.4, -0.2) is 35.2 Å². The molecule has 0 aliphatic carbocycles. The van der Waals surface area contributed by atoms with Gasteiger partial charge in [0.15, 0.2) is 0 Å². The monoisotopic (exact) mass is 392 g/mol. The number of hydrogen-bond acceptors (Lipinski definition) is 3. The van der Waals surface area contributed by atoms with Crippen LogP contribution in [0.5, 0.6) is 0 Å². The summed E-state index contributed by atoms with van der Waals surface area (Å²) in [7, 11) is 0. The summed E-state index contributed by atoms with van der Waals surface area (Å²) in [4.78, 5) is 15.7. The summed E-state index contributed by atoms with van der Waals surface area (Å²) in [5.74, 6) is 0.216. The maximum atomic E-state index is 12.6. The van der Waals surface area contributed by atoms with Gasteiger partial charge in [0.1, 0.15) is 0 Å². The number of thioether (sulfide) groups is 1. The van der Waals surface area contributed by atoms with Crippen LogP contribution in [0.4, 0.5) is 0 Å². The van der Waals surface area contributed by atoms with E-state index in [1.54, 1.807) is 11.8 Å². The third-order valence-electron chi connectivity index (χ3n) is 3.66. The Morgan fingerprint density at radius 2 is 2.10 bits per heavy atom. The lowest BCUT2D eigenvalue weighted by Crippen LogP contribution is -2.49. The minimum absolute atomic E-state index is 0. The Morgan fingerprint density at radius 1 is 1.43 bits per heavy atom. The number of likely N-dealkylation sites (tertiary alicyclic amines) is 1. The minimum Gasteiger partial charge on any atom is -0.337 e. The lowest BCUT2D eigenvalue weighted by atomic mass is 10.0. The normalized spacial score (nSPS) is 19.8. The van der Waals surface area contributed by atoms with Gasteiger partial charge in [0.2, 0.25) is 5.91 Å². The van der Waals surface area contributed by atoms with E-state index in [0.717, 1.165) is 28.8 Å². The van der Waals surface area contributed by atoms with E-state index in [1.165, 1.54) is 6.42 Å². The highest BCUT2D eigenvalue weighted by molar-refractivity contribution is 9.10. The zero-order chi connectivity index (χ0) is 14.5. The Kier molecular flexibility index (Phi) is 8.09. The summed E-state index contributed by atoms with van der Waals surface area (Å²) in [5.41, 5.74) is 5.79. The number of amides is 1. The molecule has 2 N–H and O–H groups in total. The van der Waals surface area contributed by atoms with Crippen molar-refractivity contribution in [1.82, 2.24) is 4.90 Å². The molecular formula is C15H22BrClN2OS. The lowest BCUT2D eigenvalue weighted by molar-refractivity contribution is -0.133. The molecule has 0 bridgehead atoms. The highest BCUT2D eigenvalue weighted by Crippen LogP contribution is 2.27. The van der Waals surface area contributed by atoms with E-state index < -0.39 is 0 Å². The number of nitrogens with two attached hydrogens (primary N) is 1. The van der Waals surface area contributed by atoms with Gasteiger partial charge in [-0.1, -0.05) is 15.9 Å². The van der Waals surface area contributed by atoms with Gasteiger partial charge < -0.3 is 10.6 Å². The number of rotatable bonds is 4. The third-order valence-corrected chi connectivity index (χ3v) is 5.28. The van der Waals surface area contributed by atoms with Crippen molar-refractivity contribution >= 4 is 46.0 Å². The molecule has 1 fully saturated rings. The highest BCUT2D eigenvalue weighted by atomic mass is 79.9. The molecule has 2 rings (SSSR count). The molecule has 1 heterocycles. The second kappa shape index (κ2) is 9.03. The largest absolute Gasteiger partial charge is 0.337 e. The van der Waals surface area contributed by atoms with Gasteiger partial charge >= 0.3 is 0 Å². The van der Waals surface area contributed by atoms with Crippen molar-refractivity contribution in [3.05, 3.63) is 28.7 Å². The number of nitrogens with zero attached hydrogens (tertiary/aromatic N) is 1. The van der Waals surface area contributed by atoms with Gasteiger partial charge in [-0.05, 0) is 50.5 Å². The predicted molar refractivity (Wildman–Crippen MR) is 95.1 cm³/mol. The first kappa shape index (κ1) is 18.8. The fraction of sp³-hybridized carbons (Fsp3) is 0.533. The van der Waals surface area contributed by atoms with Gasteiger partial charge in [-0.15, -0.1) is 24.2 Å². The fourth-order valence-electron chi connectivity index (χ4n) is 2.54. The summed E-state index contributed by atoms with van der Waals surface area (Å²) in [6.45, 7) is 3.41. The molecule has 1 amide bonds. The van der Waals surface area contributed by atoms with Crippen molar-refractivity contribution in [2.24, 2.45) is 5.73 Å². The molecule has 2 atom stereocenters. The van der Waals surface area contributed by atoms with E-state index >= 15 is 0 Å². The number of benzene rings is 1. The number of carbonyl (C=O) groups excluding carboxylic acids is 1. The van der Waals surface area contributed by atoms with Crippen LogP contribution in [0.15, 0.2) is 33.6 Å². The van der Waals surface area contributed by atoms with Gasteiger partial charge in [-0.2, -0.15) is 0 Å². The van der Waals surface area contributed by atoms with Gasteiger partial charge in [-0.3, -0.25) is 4.79 Å². The van der Waals surface area contributed by atoms with E-state index in [1.807, 2.05) is 36.1 Å². The Morgan fingerprint density at radius 3 is 2.71 bits per heavy atom. The van der Waals surface area contributed by atoms with Crippen LogP contribution in [0.3, 0.4) is 0 Å². The van der Waals surface area contributed by atoms with E-state index in [-0.39, 0.29) is 29.6 Å². The molecule has 6 heteroatoms. The van der Waals surface area contributed by atoms with Gasteiger partial charge in [-0.25, -0.2) is 0 Å². The topological polar surface area (TPSA) is 46.3 Å². The molecule has 0 aromatic heterocycles. The van der Waals surface area contributed by atoms with Crippen LogP contribution in [-0.2, 0) is 4.79 Å². The van der Waals surface area contributed by atoms with Gasteiger partial charge in [0, 0.05) is 28.5 Å². The summed E-state index contributed by atoms with van der Waals surface area (Å²) in [6, 6.07) is 8.31. The smallest absolute Gasteiger partial charge is 0.236 e. The maximum Gasteiger partial charge on any atom is 0.236 e. The Hall–Kier alpha value is -0.230. The second-order valence-electron chi connectivity index (χ2n) is 5.13. The number of carbonyl (C=O) groups is 1. The first-order valence-electron chi connectivity index (χ1n) is 7.04. The molecule has 1 aliphatic rings. The molecule has 3 nitrogen and oxygen atoms in total. The van der Waals surface area contributed by atoms with Crippen molar-refractivity contribution in [2.45, 2.75) is 42.4 Å². The van der Waals surface area contributed by atoms with Crippen LogP contribution in [0.2, 0.25) is 0 Å². The summed E-state index contributed by atoms with van der Waals surface area (Å²) >= 11 is 5.04. The van der Waals surface area contributed by atoms with Crippen molar-refractivity contribution in [3.63, 3.8) is 0 Å². The number of hydrogen-bond donors (Lipinski definition) is 1. The van der Waals surface area contributed by atoms with E-state index in [4.69, 9.17) is 5.73 Å². The molecule has 2 unspecified atom stereocenters. The maximum absolute atomic E-state index is 12.6. The zero-order valence-corrected chi connectivity index (χ0v) is 15.3. The summed E-state index contributed by atoms with van der Waals surface area (Å²) in [5, 5.41) is -0.0664. The summed E-state index contributed by atoms with van der Waals surface area (Å²) < 4.78 is 1.06. The minimum atomic E-state index is -0.0664. The Balaban J connectivity index is 0.00000220. The van der Waals surface area contributed by atoms with Crippen LogP contribution in [0.25, 0.3) is 0 Å². The van der Waals surface area contributed by atoms with Crippen molar-refractivity contribution in [2.75, 3.05) is 13.1 Å². The number of piperidine rings is 1. The molecule has 0 radical (unpaired) electrons. The fourth-order valence-corrected chi connectivity index (χ4v) is 3.74. The van der Waals surface area contributed by atoms with Crippen molar-refractivity contribution in [1.29, 1.82) is 0 Å². The zero-order valence-electron chi connectivity index (χ0n) is 12.1. The molecular weight excluding hydrogens is 372 g/mol. The average Bonchev–Trinajstić information content (AvgIpc) is 2.48. The van der Waals surface area contributed by atoms with Crippen LogP contribution < -0.4 is 5.73 Å². The molecule has 1 aliphatic heterocycles. The Labute approximate surface area is 145 Å². The molecule has 21 heavy (non-hydrogen) atoms. The van der Waals surface area contributed by atoms with Crippen LogP contribution in [0, 0.1) is 0 Å². The quantitative estimate of drug-likeness (QED) is 0.794. The third kappa shape index (κ3) is 5.16. The van der Waals surface area contributed by atoms with Gasteiger partial charge in [0.05, 0.1) is 5.25 Å². The van der Waals surface area contributed by atoms with Crippen molar-refractivity contribution in [3.8, 4) is 0 Å². The number of halogens is 2. The molecule has 1 aromatic rings. The highest BCUT2D eigenvalue weighted by Gasteiger charge is 2.29. The Bertz CT molecular complexity index is 457. The molecule has 1 aromatic carbocycles. The van der Waals surface area contributed by atoms with Crippen molar-refractivity contribution < 1.29 is 4.79 Å². The molecule has 0 spiro atoms. The molecule has 1 saturated heterocycles.